The van der Waals surface area contributed by atoms with Crippen molar-refractivity contribution < 1.29 is 4.74 Å². The molecule has 0 atom stereocenters. The van der Waals surface area contributed by atoms with E-state index in [0.717, 1.165) is 19.8 Å². The summed E-state index contributed by atoms with van der Waals surface area (Å²) in [6.45, 7) is 5.07. The summed E-state index contributed by atoms with van der Waals surface area (Å²) in [6.07, 6.45) is 0. The zero-order valence-electron chi connectivity index (χ0n) is 11.1. The molecule has 1 aliphatic rings. The van der Waals surface area contributed by atoms with E-state index >= 15 is 0 Å². The van der Waals surface area contributed by atoms with E-state index in [4.69, 9.17) is 4.74 Å². The SMILES string of the molecule is CC1(Cn2c3ccccc3c3ccccc32)COC1. The van der Waals surface area contributed by atoms with E-state index in [0.29, 0.717) is 0 Å². The summed E-state index contributed by atoms with van der Waals surface area (Å²) >= 11 is 0. The van der Waals surface area contributed by atoms with Crippen molar-refractivity contribution in [2.24, 2.45) is 5.41 Å². The zero-order chi connectivity index (χ0) is 12.9. The van der Waals surface area contributed by atoms with Crippen LogP contribution in [0.4, 0.5) is 0 Å². The Kier molecular flexibility index (Phi) is 2.24. The van der Waals surface area contributed by atoms with Crippen molar-refractivity contribution in [1.29, 1.82) is 0 Å². The largest absolute Gasteiger partial charge is 0.380 e. The van der Waals surface area contributed by atoms with Crippen molar-refractivity contribution in [3.8, 4) is 0 Å². The molecule has 0 spiro atoms. The second-order valence-corrected chi connectivity index (χ2v) is 5.92. The van der Waals surface area contributed by atoms with Gasteiger partial charge in [-0.1, -0.05) is 43.3 Å². The smallest absolute Gasteiger partial charge is 0.0559 e. The minimum atomic E-state index is 0.282. The van der Waals surface area contributed by atoms with Crippen LogP contribution in [0.15, 0.2) is 48.5 Å². The highest BCUT2D eigenvalue weighted by molar-refractivity contribution is 6.07. The number of hydrogen-bond acceptors (Lipinski definition) is 1. The van der Waals surface area contributed by atoms with Gasteiger partial charge in [0.2, 0.25) is 0 Å². The van der Waals surface area contributed by atoms with Crippen LogP contribution in [0.2, 0.25) is 0 Å². The fourth-order valence-electron chi connectivity index (χ4n) is 3.10. The van der Waals surface area contributed by atoms with Gasteiger partial charge >= 0.3 is 0 Å². The molecule has 2 nitrogen and oxygen atoms in total. The molecule has 0 unspecified atom stereocenters. The summed E-state index contributed by atoms with van der Waals surface area (Å²) in [5, 5.41) is 2.70. The molecule has 0 bridgehead atoms. The van der Waals surface area contributed by atoms with Crippen molar-refractivity contribution in [1.82, 2.24) is 4.57 Å². The normalized spacial score (nSPS) is 17.7. The molecule has 1 saturated heterocycles. The first-order valence-corrected chi connectivity index (χ1v) is 6.81. The minimum absolute atomic E-state index is 0.282. The third kappa shape index (κ3) is 1.60. The quantitative estimate of drug-likeness (QED) is 0.675. The average Bonchev–Trinajstić information content (AvgIpc) is 2.73. The maximum atomic E-state index is 5.40. The maximum Gasteiger partial charge on any atom is 0.0559 e. The monoisotopic (exact) mass is 251 g/mol. The Morgan fingerprint density at radius 2 is 1.47 bits per heavy atom. The van der Waals surface area contributed by atoms with Crippen LogP contribution in [0.25, 0.3) is 21.8 Å². The highest BCUT2D eigenvalue weighted by Gasteiger charge is 2.34. The van der Waals surface area contributed by atoms with E-state index in [2.05, 4.69) is 60.0 Å². The van der Waals surface area contributed by atoms with Crippen molar-refractivity contribution in [2.45, 2.75) is 13.5 Å². The molecular formula is C17H17NO. The molecule has 0 N–H and O–H groups in total. The fourth-order valence-corrected chi connectivity index (χ4v) is 3.10. The molecule has 0 saturated carbocycles. The number of nitrogens with zero attached hydrogens (tertiary/aromatic N) is 1. The van der Waals surface area contributed by atoms with Gasteiger partial charge < -0.3 is 9.30 Å². The number of rotatable bonds is 2. The first-order valence-electron chi connectivity index (χ1n) is 6.81. The van der Waals surface area contributed by atoms with Crippen LogP contribution in [-0.4, -0.2) is 17.8 Å². The predicted molar refractivity (Wildman–Crippen MR) is 78.4 cm³/mol. The molecule has 0 amide bonds. The number of ether oxygens (including phenoxy) is 1. The Balaban J connectivity index is 1.99. The second kappa shape index (κ2) is 3.84. The molecule has 0 radical (unpaired) electrons. The Hall–Kier alpha value is -1.80. The summed E-state index contributed by atoms with van der Waals surface area (Å²) in [4.78, 5) is 0. The number of benzene rings is 2. The molecule has 3 aromatic rings. The highest BCUT2D eigenvalue weighted by Crippen LogP contribution is 2.34. The fraction of sp³-hybridized carbons (Fsp3) is 0.294. The summed E-state index contributed by atoms with van der Waals surface area (Å²) in [6, 6.07) is 17.4. The minimum Gasteiger partial charge on any atom is -0.380 e. The van der Waals surface area contributed by atoms with E-state index in [1.807, 2.05) is 0 Å². The van der Waals surface area contributed by atoms with E-state index in [1.165, 1.54) is 21.8 Å². The average molecular weight is 251 g/mol. The number of para-hydroxylation sites is 2. The van der Waals surface area contributed by atoms with Gasteiger partial charge in [0.1, 0.15) is 0 Å². The zero-order valence-corrected chi connectivity index (χ0v) is 11.1. The number of fused-ring (bicyclic) bond motifs is 3. The second-order valence-electron chi connectivity index (χ2n) is 5.92. The predicted octanol–water partition coefficient (Wildman–Crippen LogP) is 3.83. The Bertz CT molecular complexity index is 699. The topological polar surface area (TPSA) is 14.2 Å². The van der Waals surface area contributed by atoms with Gasteiger partial charge in [-0.25, -0.2) is 0 Å². The van der Waals surface area contributed by atoms with Crippen molar-refractivity contribution in [3.05, 3.63) is 48.5 Å². The maximum absolute atomic E-state index is 5.40. The first-order chi connectivity index (χ1) is 9.27. The highest BCUT2D eigenvalue weighted by atomic mass is 16.5. The summed E-state index contributed by atoms with van der Waals surface area (Å²) < 4.78 is 7.85. The molecule has 4 rings (SSSR count). The van der Waals surface area contributed by atoms with Crippen LogP contribution in [0.1, 0.15) is 6.92 Å². The number of hydrogen-bond donors (Lipinski definition) is 0. The molecule has 1 aliphatic heterocycles. The molecule has 2 aromatic carbocycles. The standard InChI is InChI=1S/C17H17NO/c1-17(11-19-12-17)10-18-15-8-4-2-6-13(15)14-7-3-5-9-16(14)18/h2-9H,10-12H2,1H3. The summed E-state index contributed by atoms with van der Waals surface area (Å²) in [7, 11) is 0. The first kappa shape index (κ1) is 11.1. The van der Waals surface area contributed by atoms with Crippen molar-refractivity contribution in [2.75, 3.05) is 13.2 Å². The van der Waals surface area contributed by atoms with E-state index in [1.54, 1.807) is 0 Å². The van der Waals surface area contributed by atoms with E-state index in [9.17, 15) is 0 Å². The molecule has 2 heterocycles. The van der Waals surface area contributed by atoms with Crippen LogP contribution in [-0.2, 0) is 11.3 Å². The summed E-state index contributed by atoms with van der Waals surface area (Å²) in [5.74, 6) is 0. The van der Waals surface area contributed by atoms with Crippen LogP contribution in [0.5, 0.6) is 0 Å². The molecular weight excluding hydrogens is 234 g/mol. The van der Waals surface area contributed by atoms with Gasteiger partial charge in [0.15, 0.2) is 0 Å². The van der Waals surface area contributed by atoms with Gasteiger partial charge in [-0.15, -0.1) is 0 Å². The van der Waals surface area contributed by atoms with Gasteiger partial charge in [-0.2, -0.15) is 0 Å². The molecule has 19 heavy (non-hydrogen) atoms. The number of aromatic nitrogens is 1. The molecule has 1 fully saturated rings. The van der Waals surface area contributed by atoms with Gasteiger partial charge in [0.05, 0.1) is 13.2 Å². The van der Waals surface area contributed by atoms with Crippen molar-refractivity contribution in [3.63, 3.8) is 0 Å². The van der Waals surface area contributed by atoms with Gasteiger partial charge in [0, 0.05) is 33.8 Å². The molecule has 1 aromatic heterocycles. The lowest BCUT2D eigenvalue weighted by molar-refractivity contribution is -0.109. The van der Waals surface area contributed by atoms with E-state index < -0.39 is 0 Å². The van der Waals surface area contributed by atoms with Crippen LogP contribution < -0.4 is 0 Å². The summed E-state index contributed by atoms with van der Waals surface area (Å²) in [5.41, 5.74) is 2.94. The molecule has 2 heteroatoms. The van der Waals surface area contributed by atoms with Crippen molar-refractivity contribution >= 4 is 21.8 Å². The van der Waals surface area contributed by atoms with E-state index in [-0.39, 0.29) is 5.41 Å². The Labute approximate surface area is 112 Å². The van der Waals surface area contributed by atoms with Gasteiger partial charge in [0.25, 0.3) is 0 Å². The third-order valence-electron chi connectivity index (χ3n) is 4.12. The Morgan fingerprint density at radius 3 is 1.95 bits per heavy atom. The van der Waals surface area contributed by atoms with Crippen LogP contribution in [0, 0.1) is 5.41 Å². The lowest BCUT2D eigenvalue weighted by Crippen LogP contribution is -2.43. The lowest BCUT2D eigenvalue weighted by Gasteiger charge is -2.38. The Morgan fingerprint density at radius 1 is 0.947 bits per heavy atom. The van der Waals surface area contributed by atoms with Gasteiger partial charge in [-0.05, 0) is 12.1 Å². The van der Waals surface area contributed by atoms with Crippen LogP contribution in [0.3, 0.4) is 0 Å². The van der Waals surface area contributed by atoms with Gasteiger partial charge in [-0.3, -0.25) is 0 Å². The molecule has 96 valence electrons. The lowest BCUT2D eigenvalue weighted by atomic mass is 9.88. The van der Waals surface area contributed by atoms with Crippen LogP contribution >= 0.6 is 0 Å². The third-order valence-corrected chi connectivity index (χ3v) is 4.12. The molecule has 0 aliphatic carbocycles.